The highest BCUT2D eigenvalue weighted by Gasteiger charge is 2.31. The lowest BCUT2D eigenvalue weighted by molar-refractivity contribution is 0.102. The summed E-state index contributed by atoms with van der Waals surface area (Å²) in [5.41, 5.74) is 3.37. The third-order valence-electron chi connectivity index (χ3n) is 5.79. The van der Waals surface area contributed by atoms with E-state index in [0.717, 1.165) is 5.56 Å². The van der Waals surface area contributed by atoms with E-state index in [1.807, 2.05) is 0 Å². The second kappa shape index (κ2) is 8.84. The Bertz CT molecular complexity index is 1600. The van der Waals surface area contributed by atoms with Crippen LogP contribution in [0, 0.1) is 6.92 Å². The van der Waals surface area contributed by atoms with Gasteiger partial charge in [0.1, 0.15) is 5.82 Å². The van der Waals surface area contributed by atoms with Crippen molar-refractivity contribution in [3.8, 4) is 11.4 Å². The highest BCUT2D eigenvalue weighted by atomic mass is 32.2. The highest BCUT2D eigenvalue weighted by Crippen LogP contribution is 2.33. The Morgan fingerprint density at radius 3 is 2.57 bits per heavy atom. The third kappa shape index (κ3) is 4.45. The lowest BCUT2D eigenvalue weighted by Crippen LogP contribution is -2.29. The summed E-state index contributed by atoms with van der Waals surface area (Å²) in [7, 11) is -3.67. The third-order valence-corrected chi connectivity index (χ3v) is 7.62. The van der Waals surface area contributed by atoms with Gasteiger partial charge in [0.15, 0.2) is 0 Å². The van der Waals surface area contributed by atoms with Gasteiger partial charge in [0.25, 0.3) is 21.5 Å². The van der Waals surface area contributed by atoms with E-state index in [4.69, 9.17) is 0 Å². The minimum atomic E-state index is -3.67. The van der Waals surface area contributed by atoms with E-state index in [1.165, 1.54) is 10.4 Å². The number of fused-ring (bicyclic) bond motifs is 1. The molecule has 3 aromatic carbocycles. The number of carbonyl (C=O) groups excluding carboxylic acids is 1. The maximum Gasteiger partial charge on any atom is 0.264 e. The Labute approximate surface area is 202 Å². The Morgan fingerprint density at radius 2 is 1.80 bits per heavy atom. The van der Waals surface area contributed by atoms with Gasteiger partial charge in [-0.3, -0.25) is 13.9 Å². The van der Waals surface area contributed by atoms with Gasteiger partial charge in [0.05, 0.1) is 10.6 Å². The molecule has 0 bridgehead atoms. The van der Waals surface area contributed by atoms with E-state index < -0.39 is 10.0 Å². The van der Waals surface area contributed by atoms with E-state index in [2.05, 4.69) is 15.3 Å². The van der Waals surface area contributed by atoms with Crippen LogP contribution in [0.5, 0.6) is 0 Å². The van der Waals surface area contributed by atoms with Crippen LogP contribution < -0.4 is 15.2 Å². The first-order valence-electron chi connectivity index (χ1n) is 11.0. The standard InChI is InChI=1S/C26H22N4O4S/c1-17-14-24(31)29-25(27-17)19-6-5-7-21(16-19)28-26(32)20-10-11-23-18(15-20)12-13-30(23)35(33,34)22-8-3-2-4-9-22/h2-11,14-16H,12-13H2,1H3,(H,28,32)(H,27,29,31). The number of hydrogen-bond acceptors (Lipinski definition) is 5. The van der Waals surface area contributed by atoms with E-state index in [-0.39, 0.29) is 16.4 Å². The van der Waals surface area contributed by atoms with Gasteiger partial charge in [-0.25, -0.2) is 13.4 Å². The molecule has 1 aliphatic heterocycles. The SMILES string of the molecule is Cc1cc(=O)[nH]c(-c2cccc(NC(=O)c3ccc4c(c3)CCN4S(=O)(=O)c3ccccc3)c2)n1. The van der Waals surface area contributed by atoms with Crippen LogP contribution in [0.1, 0.15) is 21.6 Å². The van der Waals surface area contributed by atoms with Gasteiger partial charge in [-0.05, 0) is 61.4 Å². The van der Waals surface area contributed by atoms with Crippen LogP contribution in [-0.2, 0) is 16.4 Å². The number of aryl methyl sites for hydroxylation is 1. The lowest BCUT2D eigenvalue weighted by Gasteiger charge is -2.19. The number of H-pyrrole nitrogens is 1. The van der Waals surface area contributed by atoms with Crippen molar-refractivity contribution in [1.29, 1.82) is 0 Å². The van der Waals surface area contributed by atoms with Crippen molar-refractivity contribution in [1.82, 2.24) is 9.97 Å². The molecule has 4 aromatic rings. The average Bonchev–Trinajstić information content (AvgIpc) is 3.28. The van der Waals surface area contributed by atoms with Crippen LogP contribution >= 0.6 is 0 Å². The van der Waals surface area contributed by atoms with Crippen LogP contribution in [0.3, 0.4) is 0 Å². The number of amides is 1. The minimum Gasteiger partial charge on any atom is -0.322 e. The van der Waals surface area contributed by atoms with Gasteiger partial charge in [0.2, 0.25) is 0 Å². The normalized spacial score (nSPS) is 12.9. The first-order valence-corrected chi connectivity index (χ1v) is 12.5. The summed E-state index contributed by atoms with van der Waals surface area (Å²) >= 11 is 0. The van der Waals surface area contributed by atoms with Crippen molar-refractivity contribution in [3.05, 3.63) is 106 Å². The van der Waals surface area contributed by atoms with Crippen molar-refractivity contribution in [2.24, 2.45) is 0 Å². The number of aromatic nitrogens is 2. The monoisotopic (exact) mass is 486 g/mol. The van der Waals surface area contributed by atoms with E-state index in [9.17, 15) is 18.0 Å². The largest absolute Gasteiger partial charge is 0.322 e. The van der Waals surface area contributed by atoms with Crippen LogP contribution in [-0.4, -0.2) is 30.8 Å². The number of sulfonamides is 1. The molecule has 1 aromatic heterocycles. The summed E-state index contributed by atoms with van der Waals surface area (Å²) in [6.45, 7) is 2.06. The number of nitrogens with one attached hydrogen (secondary N) is 2. The summed E-state index contributed by atoms with van der Waals surface area (Å²) in [5, 5.41) is 2.87. The fourth-order valence-electron chi connectivity index (χ4n) is 4.15. The summed E-state index contributed by atoms with van der Waals surface area (Å²) in [4.78, 5) is 32.0. The Hall–Kier alpha value is -4.24. The van der Waals surface area contributed by atoms with Crippen molar-refractivity contribution >= 4 is 27.3 Å². The molecule has 1 aliphatic rings. The zero-order valence-corrected chi connectivity index (χ0v) is 19.7. The molecule has 0 fully saturated rings. The van der Waals surface area contributed by atoms with Crippen LogP contribution in [0.15, 0.2) is 88.6 Å². The molecule has 2 N–H and O–H groups in total. The van der Waals surface area contributed by atoms with Gasteiger partial charge in [-0.1, -0.05) is 30.3 Å². The van der Waals surface area contributed by atoms with E-state index in [1.54, 1.807) is 79.7 Å². The second-order valence-electron chi connectivity index (χ2n) is 8.25. The number of anilines is 2. The second-order valence-corrected chi connectivity index (χ2v) is 10.1. The molecule has 0 unspecified atom stereocenters. The van der Waals surface area contributed by atoms with Crippen LogP contribution in [0.4, 0.5) is 11.4 Å². The fraction of sp³-hybridized carbons (Fsp3) is 0.115. The summed E-state index contributed by atoms with van der Waals surface area (Å²) in [6, 6.07) is 21.8. The maximum atomic E-state index is 13.1. The Balaban J connectivity index is 1.37. The van der Waals surface area contributed by atoms with Crippen LogP contribution in [0.2, 0.25) is 0 Å². The summed E-state index contributed by atoms with van der Waals surface area (Å²) < 4.78 is 27.5. The van der Waals surface area contributed by atoms with Gasteiger partial charge < -0.3 is 10.3 Å². The molecule has 35 heavy (non-hydrogen) atoms. The predicted octanol–water partition coefficient (Wildman–Crippen LogP) is 3.75. The van der Waals surface area contributed by atoms with Crippen molar-refractivity contribution in [2.75, 3.05) is 16.2 Å². The minimum absolute atomic E-state index is 0.235. The number of rotatable bonds is 5. The lowest BCUT2D eigenvalue weighted by atomic mass is 10.1. The average molecular weight is 487 g/mol. The van der Waals surface area contributed by atoms with Gasteiger partial charge >= 0.3 is 0 Å². The molecule has 0 saturated carbocycles. The quantitative estimate of drug-likeness (QED) is 0.446. The molecule has 0 radical (unpaired) electrons. The van der Waals surface area contributed by atoms with Gasteiger partial charge in [0, 0.05) is 35.1 Å². The molecule has 0 aliphatic carbocycles. The summed E-state index contributed by atoms with van der Waals surface area (Å²) in [6.07, 6.45) is 0.518. The Kier molecular flexibility index (Phi) is 5.70. The number of aromatic amines is 1. The maximum absolute atomic E-state index is 13.1. The number of hydrogen-bond donors (Lipinski definition) is 2. The van der Waals surface area contributed by atoms with Crippen molar-refractivity contribution < 1.29 is 13.2 Å². The zero-order chi connectivity index (χ0) is 24.6. The summed E-state index contributed by atoms with van der Waals surface area (Å²) in [5.74, 6) is 0.100. The smallest absolute Gasteiger partial charge is 0.264 e. The molecule has 0 atom stereocenters. The first kappa shape index (κ1) is 22.5. The predicted molar refractivity (Wildman–Crippen MR) is 134 cm³/mol. The molecule has 0 saturated heterocycles. The molecule has 1 amide bonds. The zero-order valence-electron chi connectivity index (χ0n) is 18.9. The van der Waals surface area contributed by atoms with E-state index >= 15 is 0 Å². The molecule has 176 valence electrons. The molecule has 8 nitrogen and oxygen atoms in total. The van der Waals surface area contributed by atoms with E-state index in [0.29, 0.717) is 47.0 Å². The van der Waals surface area contributed by atoms with Crippen LogP contribution in [0.25, 0.3) is 11.4 Å². The molecule has 2 heterocycles. The number of carbonyl (C=O) groups is 1. The number of benzene rings is 3. The molecular weight excluding hydrogens is 464 g/mol. The topological polar surface area (TPSA) is 112 Å². The molecule has 5 rings (SSSR count). The van der Waals surface area contributed by atoms with Crippen molar-refractivity contribution in [2.45, 2.75) is 18.2 Å². The van der Waals surface area contributed by atoms with Gasteiger partial charge in [-0.2, -0.15) is 0 Å². The van der Waals surface area contributed by atoms with Crippen molar-refractivity contribution in [3.63, 3.8) is 0 Å². The highest BCUT2D eigenvalue weighted by molar-refractivity contribution is 7.92. The number of nitrogens with zero attached hydrogens (tertiary/aromatic N) is 2. The molecule has 9 heteroatoms. The van der Waals surface area contributed by atoms with Gasteiger partial charge in [-0.15, -0.1) is 0 Å². The first-order chi connectivity index (χ1) is 16.8. The Morgan fingerprint density at radius 1 is 1.00 bits per heavy atom. The fourth-order valence-corrected chi connectivity index (χ4v) is 5.67. The molecule has 0 spiro atoms. The molecular formula is C26H22N4O4S.